The van der Waals surface area contributed by atoms with Gasteiger partial charge < -0.3 is 5.11 Å². The van der Waals surface area contributed by atoms with Crippen molar-refractivity contribution in [1.82, 2.24) is 20.2 Å². The van der Waals surface area contributed by atoms with Crippen molar-refractivity contribution in [3.05, 3.63) is 5.82 Å². The van der Waals surface area contributed by atoms with E-state index in [1.807, 2.05) is 20.8 Å². The van der Waals surface area contributed by atoms with Crippen LogP contribution in [0.3, 0.4) is 0 Å². The summed E-state index contributed by atoms with van der Waals surface area (Å²) in [5.41, 5.74) is -0.209. The number of rotatable bonds is 5. The Hall–Kier alpha value is -1.46. The molecule has 1 aromatic heterocycles. The second-order valence-corrected chi connectivity index (χ2v) is 6.12. The molecule has 6 heteroatoms. The first-order valence-electron chi connectivity index (χ1n) is 6.20. The summed E-state index contributed by atoms with van der Waals surface area (Å²) >= 11 is 0. The molecule has 1 rings (SSSR count). The van der Waals surface area contributed by atoms with Gasteiger partial charge in [0.25, 0.3) is 0 Å². The summed E-state index contributed by atoms with van der Waals surface area (Å²) in [5.74, 6) is 0.354. The Kier molecular flexibility index (Phi) is 4.43. The van der Waals surface area contributed by atoms with E-state index in [1.165, 1.54) is 0 Å². The van der Waals surface area contributed by atoms with Gasteiger partial charge in [0, 0.05) is 6.42 Å². The van der Waals surface area contributed by atoms with Crippen molar-refractivity contribution in [3.63, 3.8) is 0 Å². The standard InChI is InChI=1S/C12H22N4O2/c1-8(2)6-10-13-14-15-16(10)9(7-11(17)18)12(3,4)5/h8-9H,6-7H2,1-5H3,(H,17,18). The van der Waals surface area contributed by atoms with Crippen LogP contribution in [0.25, 0.3) is 0 Å². The number of tetrazole rings is 1. The fraction of sp³-hybridized carbons (Fsp3) is 0.833. The van der Waals surface area contributed by atoms with Crippen molar-refractivity contribution < 1.29 is 9.90 Å². The van der Waals surface area contributed by atoms with Gasteiger partial charge in [-0.2, -0.15) is 0 Å². The van der Waals surface area contributed by atoms with Crippen LogP contribution in [0.2, 0.25) is 0 Å². The maximum absolute atomic E-state index is 11.0. The number of nitrogens with zero attached hydrogens (tertiary/aromatic N) is 4. The van der Waals surface area contributed by atoms with Gasteiger partial charge in [-0.25, -0.2) is 4.68 Å². The maximum atomic E-state index is 11.0. The van der Waals surface area contributed by atoms with Crippen LogP contribution < -0.4 is 0 Å². The molecule has 0 radical (unpaired) electrons. The molecule has 0 fully saturated rings. The third kappa shape index (κ3) is 3.78. The number of carboxylic acid groups (broad SMARTS) is 1. The molecule has 1 unspecified atom stereocenters. The second kappa shape index (κ2) is 5.46. The van der Waals surface area contributed by atoms with Crippen LogP contribution in [-0.4, -0.2) is 31.3 Å². The molecule has 0 amide bonds. The highest BCUT2D eigenvalue weighted by molar-refractivity contribution is 5.67. The highest BCUT2D eigenvalue weighted by Gasteiger charge is 2.31. The van der Waals surface area contributed by atoms with Crippen LogP contribution in [0.1, 0.15) is 52.9 Å². The van der Waals surface area contributed by atoms with Gasteiger partial charge in [0.1, 0.15) is 0 Å². The van der Waals surface area contributed by atoms with E-state index < -0.39 is 5.97 Å². The summed E-state index contributed by atoms with van der Waals surface area (Å²) in [4.78, 5) is 11.0. The van der Waals surface area contributed by atoms with E-state index in [0.29, 0.717) is 5.92 Å². The minimum Gasteiger partial charge on any atom is -0.481 e. The molecule has 0 aliphatic rings. The van der Waals surface area contributed by atoms with Crippen molar-refractivity contribution in [1.29, 1.82) is 0 Å². The molecule has 0 spiro atoms. The molecule has 1 atom stereocenters. The van der Waals surface area contributed by atoms with Gasteiger partial charge in [-0.3, -0.25) is 4.79 Å². The SMILES string of the molecule is CC(C)Cc1nnnn1C(CC(=O)O)C(C)(C)C. The van der Waals surface area contributed by atoms with E-state index in [-0.39, 0.29) is 17.9 Å². The first kappa shape index (κ1) is 14.6. The van der Waals surface area contributed by atoms with Crippen molar-refractivity contribution in [2.45, 2.75) is 53.5 Å². The van der Waals surface area contributed by atoms with Gasteiger partial charge in [0.05, 0.1) is 12.5 Å². The summed E-state index contributed by atoms with van der Waals surface area (Å²) < 4.78 is 1.67. The van der Waals surface area contributed by atoms with Gasteiger partial charge >= 0.3 is 5.97 Å². The Labute approximate surface area is 107 Å². The lowest BCUT2D eigenvalue weighted by Crippen LogP contribution is -2.29. The number of aliphatic carboxylic acids is 1. The van der Waals surface area contributed by atoms with E-state index in [1.54, 1.807) is 4.68 Å². The molecule has 0 saturated heterocycles. The summed E-state index contributed by atoms with van der Waals surface area (Å²) in [7, 11) is 0. The van der Waals surface area contributed by atoms with Crippen molar-refractivity contribution in [2.24, 2.45) is 11.3 Å². The van der Waals surface area contributed by atoms with E-state index in [0.717, 1.165) is 12.2 Å². The second-order valence-electron chi connectivity index (χ2n) is 6.12. The minimum atomic E-state index is -0.832. The van der Waals surface area contributed by atoms with E-state index in [2.05, 4.69) is 29.4 Å². The zero-order valence-corrected chi connectivity index (χ0v) is 11.7. The summed E-state index contributed by atoms with van der Waals surface area (Å²) in [6.07, 6.45) is 0.777. The van der Waals surface area contributed by atoms with E-state index in [9.17, 15) is 4.79 Å². The Bertz CT molecular complexity index is 406. The first-order valence-corrected chi connectivity index (χ1v) is 6.20. The normalized spacial score (nSPS) is 13.9. The number of aromatic nitrogens is 4. The third-order valence-electron chi connectivity index (χ3n) is 2.81. The first-order chi connectivity index (χ1) is 8.21. The fourth-order valence-corrected chi connectivity index (χ4v) is 1.88. The molecule has 0 bridgehead atoms. The molecule has 1 heterocycles. The number of carbonyl (C=O) groups is 1. The highest BCUT2D eigenvalue weighted by Crippen LogP contribution is 2.33. The highest BCUT2D eigenvalue weighted by atomic mass is 16.4. The molecular weight excluding hydrogens is 232 g/mol. The van der Waals surface area contributed by atoms with Crippen LogP contribution in [0.5, 0.6) is 0 Å². The molecule has 1 aromatic rings. The minimum absolute atomic E-state index is 0.0274. The molecule has 0 aliphatic carbocycles. The lowest BCUT2D eigenvalue weighted by molar-refractivity contribution is -0.138. The van der Waals surface area contributed by atoms with Crippen LogP contribution in [0.4, 0.5) is 0 Å². The Morgan fingerprint density at radius 1 is 1.39 bits per heavy atom. The molecule has 18 heavy (non-hydrogen) atoms. The molecule has 1 N–H and O–H groups in total. The van der Waals surface area contributed by atoms with E-state index in [4.69, 9.17) is 5.11 Å². The van der Waals surface area contributed by atoms with Gasteiger partial charge in [0.15, 0.2) is 5.82 Å². The zero-order valence-electron chi connectivity index (χ0n) is 11.7. The van der Waals surface area contributed by atoms with E-state index >= 15 is 0 Å². The predicted octanol–water partition coefficient (Wildman–Crippen LogP) is 1.93. The quantitative estimate of drug-likeness (QED) is 0.868. The third-order valence-corrected chi connectivity index (χ3v) is 2.81. The predicted molar refractivity (Wildman–Crippen MR) is 67.1 cm³/mol. The molecule has 0 aliphatic heterocycles. The topological polar surface area (TPSA) is 80.9 Å². The number of hydrogen-bond acceptors (Lipinski definition) is 4. The summed E-state index contributed by atoms with van der Waals surface area (Å²) in [6, 6.07) is -0.237. The lowest BCUT2D eigenvalue weighted by atomic mass is 9.84. The fourth-order valence-electron chi connectivity index (χ4n) is 1.88. The zero-order chi connectivity index (χ0) is 13.9. The van der Waals surface area contributed by atoms with Gasteiger partial charge in [-0.05, 0) is 21.8 Å². The monoisotopic (exact) mass is 254 g/mol. The van der Waals surface area contributed by atoms with Gasteiger partial charge in [-0.1, -0.05) is 34.6 Å². The van der Waals surface area contributed by atoms with Crippen LogP contribution in [-0.2, 0) is 11.2 Å². The number of hydrogen-bond donors (Lipinski definition) is 1. The summed E-state index contributed by atoms with van der Waals surface area (Å²) in [6.45, 7) is 10.2. The molecule has 0 saturated carbocycles. The van der Waals surface area contributed by atoms with Crippen LogP contribution >= 0.6 is 0 Å². The lowest BCUT2D eigenvalue weighted by Gasteiger charge is -2.30. The van der Waals surface area contributed by atoms with Crippen molar-refractivity contribution in [3.8, 4) is 0 Å². The average molecular weight is 254 g/mol. The largest absolute Gasteiger partial charge is 0.481 e. The Morgan fingerprint density at radius 3 is 2.44 bits per heavy atom. The van der Waals surface area contributed by atoms with Gasteiger partial charge in [-0.15, -0.1) is 5.10 Å². The maximum Gasteiger partial charge on any atom is 0.305 e. The van der Waals surface area contributed by atoms with Crippen molar-refractivity contribution >= 4 is 5.97 Å². The molecular formula is C12H22N4O2. The Morgan fingerprint density at radius 2 is 2.00 bits per heavy atom. The molecule has 0 aromatic carbocycles. The average Bonchev–Trinajstić information content (AvgIpc) is 2.59. The van der Waals surface area contributed by atoms with Crippen molar-refractivity contribution in [2.75, 3.05) is 0 Å². The number of carboxylic acids is 1. The molecule has 102 valence electrons. The van der Waals surface area contributed by atoms with Crippen LogP contribution in [0, 0.1) is 11.3 Å². The molecule has 6 nitrogen and oxygen atoms in total. The summed E-state index contributed by atoms with van der Waals surface area (Å²) in [5, 5.41) is 20.7. The van der Waals surface area contributed by atoms with Crippen LogP contribution in [0.15, 0.2) is 0 Å². The Balaban J connectivity index is 3.05. The smallest absolute Gasteiger partial charge is 0.305 e. The van der Waals surface area contributed by atoms with Gasteiger partial charge in [0.2, 0.25) is 0 Å².